The summed E-state index contributed by atoms with van der Waals surface area (Å²) in [6, 6.07) is 12.3. The maximum Gasteiger partial charge on any atom is 0.387 e. The quantitative estimate of drug-likeness (QED) is 0.676. The molecule has 0 aliphatic carbocycles. The van der Waals surface area contributed by atoms with Crippen LogP contribution in [-0.4, -0.2) is 18.5 Å². The Bertz CT molecular complexity index is 763. The van der Waals surface area contributed by atoms with Crippen molar-refractivity contribution in [2.75, 3.05) is 10.6 Å². The molecule has 3 N–H and O–H groups in total. The second-order valence-corrected chi connectivity index (χ2v) is 6.05. The van der Waals surface area contributed by atoms with Gasteiger partial charge in [-0.1, -0.05) is 26.0 Å². The summed E-state index contributed by atoms with van der Waals surface area (Å²) in [4.78, 5) is 23.6. The van der Waals surface area contributed by atoms with Gasteiger partial charge in [0.1, 0.15) is 5.75 Å². The summed E-state index contributed by atoms with van der Waals surface area (Å²) in [5.41, 5.74) is 1.94. The predicted molar refractivity (Wildman–Crippen MR) is 98.8 cm³/mol. The van der Waals surface area contributed by atoms with Crippen molar-refractivity contribution in [2.24, 2.45) is 5.92 Å². The van der Waals surface area contributed by atoms with E-state index in [0.717, 1.165) is 5.56 Å². The summed E-state index contributed by atoms with van der Waals surface area (Å²) in [5.74, 6) is -0.147. The van der Waals surface area contributed by atoms with Crippen molar-refractivity contribution in [3.05, 3.63) is 54.1 Å². The van der Waals surface area contributed by atoms with Crippen molar-refractivity contribution in [3.8, 4) is 5.75 Å². The second-order valence-electron chi connectivity index (χ2n) is 6.05. The third-order valence-electron chi connectivity index (χ3n) is 3.54. The molecule has 27 heavy (non-hydrogen) atoms. The van der Waals surface area contributed by atoms with Gasteiger partial charge in [0.15, 0.2) is 0 Å². The minimum absolute atomic E-state index is 0.0582. The lowest BCUT2D eigenvalue weighted by molar-refractivity contribution is -0.118. The minimum Gasteiger partial charge on any atom is -0.435 e. The van der Waals surface area contributed by atoms with Crippen LogP contribution in [-0.2, 0) is 11.3 Å². The van der Waals surface area contributed by atoms with Gasteiger partial charge < -0.3 is 20.7 Å². The van der Waals surface area contributed by atoms with Gasteiger partial charge in [-0.25, -0.2) is 4.79 Å². The summed E-state index contributed by atoms with van der Waals surface area (Å²) >= 11 is 0. The minimum atomic E-state index is -2.87. The summed E-state index contributed by atoms with van der Waals surface area (Å²) < 4.78 is 28.5. The Labute approximate surface area is 155 Å². The number of nitrogens with one attached hydrogen (secondary N) is 3. The van der Waals surface area contributed by atoms with Crippen molar-refractivity contribution in [3.63, 3.8) is 0 Å². The number of carbonyl (C=O) groups excluding carboxylic acids is 2. The molecule has 0 aliphatic rings. The number of carbonyl (C=O) groups is 2. The zero-order valence-electron chi connectivity index (χ0n) is 15.0. The van der Waals surface area contributed by atoms with Gasteiger partial charge in [-0.3, -0.25) is 4.79 Å². The van der Waals surface area contributed by atoms with Crippen LogP contribution in [0.15, 0.2) is 48.5 Å². The van der Waals surface area contributed by atoms with Crippen LogP contribution in [0.25, 0.3) is 0 Å². The third kappa shape index (κ3) is 6.93. The Balaban J connectivity index is 1.80. The average Bonchev–Trinajstić information content (AvgIpc) is 2.62. The van der Waals surface area contributed by atoms with E-state index < -0.39 is 12.6 Å². The highest BCUT2D eigenvalue weighted by molar-refractivity contribution is 5.93. The molecule has 0 fully saturated rings. The highest BCUT2D eigenvalue weighted by atomic mass is 19.3. The van der Waals surface area contributed by atoms with Crippen molar-refractivity contribution < 1.29 is 23.1 Å². The Kier molecular flexibility index (Phi) is 7.10. The van der Waals surface area contributed by atoms with E-state index in [1.165, 1.54) is 12.1 Å². The standard InChI is InChI=1S/C19H21F2N3O3/c1-12(2)17(25)23-14-5-7-15(8-6-14)24-19(26)22-11-13-3-9-16(10-4-13)27-18(20)21/h3-10,12,18H,11H2,1-2H3,(H,23,25)(H2,22,24,26). The van der Waals surface area contributed by atoms with Crippen LogP contribution in [0.1, 0.15) is 19.4 Å². The molecular weight excluding hydrogens is 356 g/mol. The van der Waals surface area contributed by atoms with Crippen LogP contribution in [0, 0.1) is 5.92 Å². The largest absolute Gasteiger partial charge is 0.435 e. The molecule has 0 spiro atoms. The lowest BCUT2D eigenvalue weighted by Crippen LogP contribution is -2.28. The first-order valence-electron chi connectivity index (χ1n) is 8.33. The Morgan fingerprint density at radius 2 is 1.48 bits per heavy atom. The van der Waals surface area contributed by atoms with E-state index in [1.54, 1.807) is 50.2 Å². The van der Waals surface area contributed by atoms with Crippen molar-refractivity contribution >= 4 is 23.3 Å². The Morgan fingerprint density at radius 1 is 0.926 bits per heavy atom. The topological polar surface area (TPSA) is 79.5 Å². The zero-order valence-corrected chi connectivity index (χ0v) is 15.0. The van der Waals surface area contributed by atoms with Crippen LogP contribution in [0.5, 0.6) is 5.75 Å². The summed E-state index contributed by atoms with van der Waals surface area (Å²) in [7, 11) is 0. The van der Waals surface area contributed by atoms with Gasteiger partial charge in [0.05, 0.1) is 0 Å². The van der Waals surface area contributed by atoms with Gasteiger partial charge in [-0.05, 0) is 42.0 Å². The smallest absolute Gasteiger partial charge is 0.387 e. The number of alkyl halides is 2. The van der Waals surface area contributed by atoms with E-state index in [1.807, 2.05) is 0 Å². The number of anilines is 2. The highest BCUT2D eigenvalue weighted by Gasteiger charge is 2.08. The fourth-order valence-electron chi connectivity index (χ4n) is 2.07. The number of rotatable bonds is 7. The van der Waals surface area contributed by atoms with Gasteiger partial charge in [-0.2, -0.15) is 8.78 Å². The zero-order chi connectivity index (χ0) is 19.8. The molecule has 2 aromatic carbocycles. The van der Waals surface area contributed by atoms with E-state index in [4.69, 9.17) is 0 Å². The molecule has 0 saturated carbocycles. The van der Waals surface area contributed by atoms with Crippen LogP contribution < -0.4 is 20.7 Å². The number of halogens is 2. The van der Waals surface area contributed by atoms with Gasteiger partial charge >= 0.3 is 12.6 Å². The fourth-order valence-corrected chi connectivity index (χ4v) is 2.07. The average molecular weight is 377 g/mol. The Hall–Kier alpha value is -3.16. The Morgan fingerprint density at radius 3 is 2.00 bits per heavy atom. The molecule has 0 unspecified atom stereocenters. The number of ether oxygens (including phenoxy) is 1. The molecule has 0 radical (unpaired) electrons. The molecule has 6 nitrogen and oxygen atoms in total. The van der Waals surface area contributed by atoms with Crippen molar-refractivity contribution in [1.82, 2.24) is 5.32 Å². The second kappa shape index (κ2) is 9.51. The maximum atomic E-state index is 12.1. The third-order valence-corrected chi connectivity index (χ3v) is 3.54. The lowest BCUT2D eigenvalue weighted by Gasteiger charge is -2.10. The summed E-state index contributed by atoms with van der Waals surface area (Å²) in [5, 5.41) is 8.09. The van der Waals surface area contributed by atoms with E-state index in [0.29, 0.717) is 11.4 Å². The van der Waals surface area contributed by atoms with Crippen molar-refractivity contribution in [1.29, 1.82) is 0 Å². The fraction of sp³-hybridized carbons (Fsp3) is 0.263. The number of hydrogen-bond acceptors (Lipinski definition) is 3. The first kappa shape index (κ1) is 20.2. The van der Waals surface area contributed by atoms with Crippen LogP contribution in [0.2, 0.25) is 0 Å². The number of benzene rings is 2. The van der Waals surface area contributed by atoms with Crippen LogP contribution >= 0.6 is 0 Å². The molecule has 2 rings (SSSR count). The van der Waals surface area contributed by atoms with Gasteiger partial charge in [0.2, 0.25) is 5.91 Å². The number of hydrogen-bond donors (Lipinski definition) is 3. The first-order chi connectivity index (χ1) is 12.8. The molecule has 0 aliphatic heterocycles. The molecule has 0 aromatic heterocycles. The normalized spacial score (nSPS) is 10.6. The molecule has 0 bridgehead atoms. The molecule has 144 valence electrons. The lowest BCUT2D eigenvalue weighted by atomic mass is 10.2. The van der Waals surface area contributed by atoms with Gasteiger partial charge in [0, 0.05) is 23.8 Å². The van der Waals surface area contributed by atoms with Crippen LogP contribution in [0.3, 0.4) is 0 Å². The van der Waals surface area contributed by atoms with E-state index >= 15 is 0 Å². The van der Waals surface area contributed by atoms with Gasteiger partial charge in [-0.15, -0.1) is 0 Å². The van der Waals surface area contributed by atoms with E-state index in [9.17, 15) is 18.4 Å². The number of amides is 3. The molecule has 2 aromatic rings. The van der Waals surface area contributed by atoms with Gasteiger partial charge in [0.25, 0.3) is 0 Å². The first-order valence-corrected chi connectivity index (χ1v) is 8.33. The maximum absolute atomic E-state index is 12.1. The molecular formula is C19H21F2N3O3. The summed E-state index contributed by atoms with van der Waals surface area (Å²) in [6.45, 7) is 0.956. The van der Waals surface area contributed by atoms with Crippen LogP contribution in [0.4, 0.5) is 25.0 Å². The van der Waals surface area contributed by atoms with E-state index in [2.05, 4.69) is 20.7 Å². The molecule has 8 heteroatoms. The van der Waals surface area contributed by atoms with Crippen molar-refractivity contribution in [2.45, 2.75) is 27.0 Å². The monoisotopic (exact) mass is 377 g/mol. The number of urea groups is 1. The van der Waals surface area contributed by atoms with E-state index in [-0.39, 0.29) is 24.1 Å². The molecule has 0 saturated heterocycles. The SMILES string of the molecule is CC(C)C(=O)Nc1ccc(NC(=O)NCc2ccc(OC(F)F)cc2)cc1. The predicted octanol–water partition coefficient (Wildman–Crippen LogP) is 4.20. The molecule has 3 amide bonds. The summed E-state index contributed by atoms with van der Waals surface area (Å²) in [6.07, 6.45) is 0. The molecule has 0 atom stereocenters. The highest BCUT2D eigenvalue weighted by Crippen LogP contribution is 2.16. The molecule has 0 heterocycles.